The van der Waals surface area contributed by atoms with Gasteiger partial charge in [-0.1, -0.05) is 0 Å². The van der Waals surface area contributed by atoms with E-state index in [0.717, 1.165) is 10.2 Å². The summed E-state index contributed by atoms with van der Waals surface area (Å²) in [6.07, 6.45) is 3.46. The van der Waals surface area contributed by atoms with E-state index in [1.165, 1.54) is 7.11 Å². The molecule has 2 aromatic rings. The van der Waals surface area contributed by atoms with Gasteiger partial charge in [-0.15, -0.1) is 0 Å². The third-order valence-corrected chi connectivity index (χ3v) is 3.45. The number of amides is 1. The molecule has 1 N–H and O–H groups in total. The average molecular weight is 353 g/mol. The topological polar surface area (TPSA) is 59.4 Å². The van der Waals surface area contributed by atoms with Gasteiger partial charge in [-0.25, -0.2) is 4.98 Å². The summed E-state index contributed by atoms with van der Waals surface area (Å²) in [5.74, 6) is 0.153. The van der Waals surface area contributed by atoms with Crippen molar-refractivity contribution in [3.63, 3.8) is 0 Å². The maximum atomic E-state index is 12.4. The number of carbonyl (C=O) groups is 1. The van der Waals surface area contributed by atoms with Gasteiger partial charge in [-0.2, -0.15) is 0 Å². The maximum Gasteiger partial charge on any atom is 0.272 e. The monoisotopic (exact) mass is 352 g/mol. The summed E-state index contributed by atoms with van der Waals surface area (Å²) in [7, 11) is 7.12. The van der Waals surface area contributed by atoms with Crippen LogP contribution in [0.25, 0.3) is 0 Å². The number of rotatable bonds is 4. The van der Waals surface area contributed by atoms with Crippen LogP contribution in [0.5, 0.6) is 5.88 Å². The number of halogens is 1. The summed E-state index contributed by atoms with van der Waals surface area (Å²) in [4.78, 5) is 18.5. The Kier molecular flexibility index (Phi) is 4.52. The summed E-state index contributed by atoms with van der Waals surface area (Å²) in [5.41, 5.74) is 1.91. The van der Waals surface area contributed by atoms with Crippen LogP contribution in [-0.2, 0) is 7.05 Å². The molecule has 0 bridgehead atoms. The van der Waals surface area contributed by atoms with Crippen LogP contribution in [0.4, 0.5) is 11.4 Å². The van der Waals surface area contributed by atoms with Crippen molar-refractivity contribution in [3.8, 4) is 5.88 Å². The molecule has 0 saturated heterocycles. The first-order valence-corrected chi connectivity index (χ1v) is 7.07. The quantitative estimate of drug-likeness (QED) is 0.918. The molecule has 2 heterocycles. The van der Waals surface area contributed by atoms with Crippen LogP contribution in [0.15, 0.2) is 29.0 Å². The van der Waals surface area contributed by atoms with E-state index in [-0.39, 0.29) is 5.91 Å². The van der Waals surface area contributed by atoms with Crippen molar-refractivity contribution in [2.24, 2.45) is 7.05 Å². The summed E-state index contributed by atoms with van der Waals surface area (Å²) in [6, 6.07) is 3.58. The zero-order chi connectivity index (χ0) is 15.6. The number of pyridine rings is 1. The molecule has 0 saturated carbocycles. The zero-order valence-corrected chi connectivity index (χ0v) is 13.9. The van der Waals surface area contributed by atoms with Gasteiger partial charge in [-0.3, -0.25) is 4.79 Å². The molecule has 0 aliphatic heterocycles. The Morgan fingerprint density at radius 1 is 1.48 bits per heavy atom. The van der Waals surface area contributed by atoms with Gasteiger partial charge >= 0.3 is 0 Å². The van der Waals surface area contributed by atoms with E-state index >= 15 is 0 Å². The first-order valence-electron chi connectivity index (χ1n) is 6.27. The van der Waals surface area contributed by atoms with Crippen LogP contribution in [0.2, 0.25) is 0 Å². The van der Waals surface area contributed by atoms with Crippen molar-refractivity contribution in [1.82, 2.24) is 9.55 Å². The molecular formula is C14H17BrN4O2. The number of anilines is 2. The predicted molar refractivity (Wildman–Crippen MR) is 86.2 cm³/mol. The van der Waals surface area contributed by atoms with Crippen LogP contribution in [0.1, 0.15) is 10.5 Å². The van der Waals surface area contributed by atoms with Gasteiger partial charge in [0.2, 0.25) is 5.88 Å². The molecular weight excluding hydrogens is 336 g/mol. The highest BCUT2D eigenvalue weighted by Gasteiger charge is 2.18. The van der Waals surface area contributed by atoms with Gasteiger partial charge in [-0.05, 0) is 28.1 Å². The Labute approximate surface area is 131 Å². The zero-order valence-electron chi connectivity index (χ0n) is 12.3. The molecule has 0 atom stereocenters. The van der Waals surface area contributed by atoms with Crippen molar-refractivity contribution < 1.29 is 9.53 Å². The second-order valence-electron chi connectivity index (χ2n) is 4.72. The number of hydrogen-bond donors (Lipinski definition) is 1. The number of nitrogens with zero attached hydrogens (tertiary/aromatic N) is 3. The minimum atomic E-state index is -0.224. The fourth-order valence-corrected chi connectivity index (χ4v) is 2.53. The number of ether oxygens (including phenoxy) is 1. The number of aryl methyl sites for hydroxylation is 1. The Morgan fingerprint density at radius 3 is 2.71 bits per heavy atom. The molecule has 112 valence electrons. The lowest BCUT2D eigenvalue weighted by Crippen LogP contribution is -2.19. The summed E-state index contributed by atoms with van der Waals surface area (Å²) in [5, 5.41) is 2.87. The van der Waals surface area contributed by atoms with Crippen LogP contribution >= 0.6 is 15.9 Å². The van der Waals surface area contributed by atoms with Gasteiger partial charge in [0, 0.05) is 38.0 Å². The first-order chi connectivity index (χ1) is 9.93. The lowest BCUT2D eigenvalue weighted by Gasteiger charge is -2.19. The van der Waals surface area contributed by atoms with Gasteiger partial charge in [0.15, 0.2) is 0 Å². The van der Waals surface area contributed by atoms with E-state index in [9.17, 15) is 4.79 Å². The third kappa shape index (κ3) is 3.18. The molecule has 21 heavy (non-hydrogen) atoms. The number of carbonyl (C=O) groups excluding carboxylic acids is 1. The fourth-order valence-electron chi connectivity index (χ4n) is 2.01. The van der Waals surface area contributed by atoms with Gasteiger partial charge < -0.3 is 19.5 Å². The fraction of sp³-hybridized carbons (Fsp3) is 0.286. The number of hydrogen-bond acceptors (Lipinski definition) is 4. The third-order valence-electron chi connectivity index (χ3n) is 3.01. The SMILES string of the molecule is COc1nccc(N(C)C)c1NC(=O)c1cc(Br)cn1C. The lowest BCUT2D eigenvalue weighted by atomic mass is 10.3. The van der Waals surface area contributed by atoms with Crippen molar-refractivity contribution in [3.05, 3.63) is 34.7 Å². The standard InChI is InChI=1S/C14H17BrN4O2/c1-18(2)10-5-6-16-14(21-4)12(10)17-13(20)11-7-9(15)8-19(11)3/h5-8H,1-4H3,(H,17,20). The van der Waals surface area contributed by atoms with Crippen LogP contribution in [-0.4, -0.2) is 36.7 Å². The Balaban J connectivity index is 2.38. The molecule has 2 aromatic heterocycles. The highest BCUT2D eigenvalue weighted by atomic mass is 79.9. The first kappa shape index (κ1) is 15.4. The second-order valence-corrected chi connectivity index (χ2v) is 5.63. The summed E-state index contributed by atoms with van der Waals surface area (Å²) >= 11 is 3.36. The lowest BCUT2D eigenvalue weighted by molar-refractivity contribution is 0.101. The van der Waals surface area contributed by atoms with Gasteiger partial charge in [0.1, 0.15) is 11.4 Å². The molecule has 6 nitrogen and oxygen atoms in total. The molecule has 0 aliphatic carbocycles. The molecule has 0 aromatic carbocycles. The second kappa shape index (κ2) is 6.17. The summed E-state index contributed by atoms with van der Waals surface area (Å²) < 4.78 is 7.84. The normalized spacial score (nSPS) is 10.3. The molecule has 0 unspecified atom stereocenters. The maximum absolute atomic E-state index is 12.4. The van der Waals surface area contributed by atoms with Crippen LogP contribution in [0.3, 0.4) is 0 Å². The molecule has 2 rings (SSSR count). The van der Waals surface area contributed by atoms with Crippen LogP contribution < -0.4 is 15.0 Å². The van der Waals surface area contributed by atoms with Crippen molar-refractivity contribution in [1.29, 1.82) is 0 Å². The molecule has 0 fully saturated rings. The van der Waals surface area contributed by atoms with E-state index in [0.29, 0.717) is 17.3 Å². The smallest absolute Gasteiger partial charge is 0.272 e. The van der Waals surface area contributed by atoms with Crippen molar-refractivity contribution >= 4 is 33.2 Å². The number of methoxy groups -OCH3 is 1. The molecule has 0 aliphatic rings. The van der Waals surface area contributed by atoms with E-state index in [1.54, 1.807) is 16.8 Å². The number of nitrogens with one attached hydrogen (secondary N) is 1. The molecule has 0 radical (unpaired) electrons. The molecule has 0 spiro atoms. The highest BCUT2D eigenvalue weighted by molar-refractivity contribution is 9.10. The van der Waals surface area contributed by atoms with Crippen molar-refractivity contribution in [2.45, 2.75) is 0 Å². The van der Waals surface area contributed by atoms with E-state index in [4.69, 9.17) is 4.74 Å². The van der Waals surface area contributed by atoms with E-state index in [2.05, 4.69) is 26.2 Å². The average Bonchev–Trinajstić information content (AvgIpc) is 2.77. The van der Waals surface area contributed by atoms with Crippen molar-refractivity contribution in [2.75, 3.05) is 31.4 Å². The Bertz CT molecular complexity index is 667. The molecule has 1 amide bonds. The predicted octanol–water partition coefficient (Wildman–Crippen LogP) is 2.51. The minimum absolute atomic E-state index is 0.224. The molecule has 7 heteroatoms. The van der Waals surface area contributed by atoms with E-state index in [1.807, 2.05) is 38.3 Å². The number of aromatic nitrogens is 2. The summed E-state index contributed by atoms with van der Waals surface area (Å²) in [6.45, 7) is 0. The van der Waals surface area contributed by atoms with Crippen LogP contribution in [0, 0.1) is 0 Å². The van der Waals surface area contributed by atoms with Gasteiger partial charge in [0.25, 0.3) is 5.91 Å². The largest absolute Gasteiger partial charge is 0.479 e. The Hall–Kier alpha value is -2.02. The highest BCUT2D eigenvalue weighted by Crippen LogP contribution is 2.32. The minimum Gasteiger partial charge on any atom is -0.479 e. The Morgan fingerprint density at radius 2 is 2.19 bits per heavy atom. The van der Waals surface area contributed by atoms with E-state index < -0.39 is 0 Å². The van der Waals surface area contributed by atoms with Gasteiger partial charge in [0.05, 0.1) is 12.8 Å².